The van der Waals surface area contributed by atoms with Crippen molar-refractivity contribution in [3.63, 3.8) is 0 Å². The van der Waals surface area contributed by atoms with E-state index in [0.29, 0.717) is 60.7 Å². The van der Waals surface area contributed by atoms with E-state index in [1.807, 2.05) is 36.9 Å². The highest BCUT2D eigenvalue weighted by Crippen LogP contribution is 2.60. The maximum absolute atomic E-state index is 14.7. The van der Waals surface area contributed by atoms with Gasteiger partial charge in [0.2, 0.25) is 17.7 Å². The zero-order chi connectivity index (χ0) is 35.7. The van der Waals surface area contributed by atoms with Gasteiger partial charge in [0.1, 0.15) is 5.75 Å². The fourth-order valence-corrected chi connectivity index (χ4v) is 9.50. The lowest BCUT2D eigenvalue weighted by Crippen LogP contribution is -2.60. The van der Waals surface area contributed by atoms with E-state index in [0.717, 1.165) is 33.2 Å². The Morgan fingerprint density at radius 1 is 0.820 bits per heavy atom. The molecule has 0 spiro atoms. The number of fused-ring (bicyclic) bond motifs is 6. The Labute approximate surface area is 302 Å². The SMILES string of the molecule is CCC1(C(=O)N2CC(CCl)c3c2cc(C)c2ccccc32)CC(C)(C(=O)N2CC(CCl)c3c2cc(OC(C)=O)c2ccc(NC(C)=O)cc32)C1. The second-order valence-corrected chi connectivity index (χ2v) is 15.2. The lowest BCUT2D eigenvalue weighted by atomic mass is 9.51. The fraction of sp³-hybridized carbons (Fsp3) is 0.400. The van der Waals surface area contributed by atoms with Gasteiger partial charge in [-0.1, -0.05) is 38.1 Å². The number of ether oxygens (including phenoxy) is 1. The number of halogens is 2. The second kappa shape index (κ2) is 12.6. The summed E-state index contributed by atoms with van der Waals surface area (Å²) < 4.78 is 5.66. The average Bonchev–Trinajstić information content (AvgIpc) is 3.64. The van der Waals surface area contributed by atoms with Crippen LogP contribution in [0.15, 0.2) is 54.6 Å². The van der Waals surface area contributed by atoms with Gasteiger partial charge in [-0.25, -0.2) is 0 Å². The molecule has 4 aromatic rings. The zero-order valence-corrected chi connectivity index (χ0v) is 30.5. The third-order valence-electron chi connectivity index (χ3n) is 11.1. The summed E-state index contributed by atoms with van der Waals surface area (Å²) in [4.78, 5) is 57.1. The molecule has 2 unspecified atom stereocenters. The van der Waals surface area contributed by atoms with Crippen LogP contribution < -0.4 is 19.9 Å². The van der Waals surface area contributed by atoms with E-state index in [-0.39, 0.29) is 35.4 Å². The van der Waals surface area contributed by atoms with Crippen LogP contribution in [-0.4, -0.2) is 48.5 Å². The molecule has 2 heterocycles. The van der Waals surface area contributed by atoms with Crippen LogP contribution in [0.5, 0.6) is 5.75 Å². The van der Waals surface area contributed by atoms with E-state index >= 15 is 0 Å². The Hall–Kier alpha value is -4.14. The molecule has 2 atom stereocenters. The molecule has 1 saturated carbocycles. The monoisotopic (exact) mass is 713 g/mol. The summed E-state index contributed by atoms with van der Waals surface area (Å²) >= 11 is 13.1. The van der Waals surface area contributed by atoms with E-state index in [1.54, 1.807) is 23.1 Å². The van der Waals surface area contributed by atoms with Crippen LogP contribution in [-0.2, 0) is 19.2 Å². The van der Waals surface area contributed by atoms with Crippen LogP contribution in [0.1, 0.15) is 75.5 Å². The van der Waals surface area contributed by atoms with Crippen molar-refractivity contribution in [1.82, 2.24) is 0 Å². The van der Waals surface area contributed by atoms with E-state index in [9.17, 15) is 19.2 Å². The first-order valence-electron chi connectivity index (χ1n) is 17.2. The minimum Gasteiger partial charge on any atom is -0.426 e. The lowest BCUT2D eigenvalue weighted by Gasteiger charge is -2.54. The van der Waals surface area contributed by atoms with Crippen molar-refractivity contribution in [2.24, 2.45) is 10.8 Å². The summed E-state index contributed by atoms with van der Waals surface area (Å²) in [7, 11) is 0. The van der Waals surface area contributed by atoms with Gasteiger partial charge in [-0.05, 0) is 83.3 Å². The smallest absolute Gasteiger partial charge is 0.308 e. The Morgan fingerprint density at radius 3 is 2.02 bits per heavy atom. The number of aryl methyl sites for hydroxylation is 1. The number of amides is 3. The number of esters is 1. The number of rotatable bonds is 7. The van der Waals surface area contributed by atoms with Gasteiger partial charge < -0.3 is 19.9 Å². The number of hydrogen-bond donors (Lipinski definition) is 1. The fourth-order valence-electron chi connectivity index (χ4n) is 9.00. The molecule has 10 heteroatoms. The summed E-state index contributed by atoms with van der Waals surface area (Å²) in [6.07, 6.45) is 1.42. The molecule has 1 fully saturated rings. The molecule has 7 rings (SSSR count). The van der Waals surface area contributed by atoms with Crippen LogP contribution in [0.3, 0.4) is 0 Å². The predicted molar refractivity (Wildman–Crippen MR) is 200 cm³/mol. The van der Waals surface area contributed by atoms with E-state index in [4.69, 9.17) is 27.9 Å². The number of benzene rings is 4. The molecule has 0 aromatic heterocycles. The molecule has 0 bridgehead atoms. The number of carbonyl (C=O) groups excluding carboxylic acids is 4. The molecule has 50 heavy (non-hydrogen) atoms. The van der Waals surface area contributed by atoms with Crippen LogP contribution in [0.25, 0.3) is 21.5 Å². The van der Waals surface area contributed by atoms with Gasteiger partial charge in [-0.15, -0.1) is 23.2 Å². The maximum atomic E-state index is 14.7. The van der Waals surface area contributed by atoms with Crippen molar-refractivity contribution in [3.05, 3.63) is 71.3 Å². The summed E-state index contributed by atoms with van der Waals surface area (Å²) in [5, 5.41) is 6.57. The van der Waals surface area contributed by atoms with Crippen molar-refractivity contribution in [1.29, 1.82) is 0 Å². The van der Waals surface area contributed by atoms with E-state index in [2.05, 4.69) is 30.4 Å². The molecular weight excluding hydrogens is 673 g/mol. The first-order valence-corrected chi connectivity index (χ1v) is 18.3. The third-order valence-corrected chi connectivity index (χ3v) is 11.9. The molecule has 8 nitrogen and oxygen atoms in total. The Balaban J connectivity index is 1.23. The average molecular weight is 715 g/mol. The topological polar surface area (TPSA) is 96.0 Å². The lowest BCUT2D eigenvalue weighted by molar-refractivity contribution is -0.153. The highest BCUT2D eigenvalue weighted by atomic mass is 35.5. The quantitative estimate of drug-likeness (QED) is 0.118. The van der Waals surface area contributed by atoms with Crippen molar-refractivity contribution in [3.8, 4) is 5.75 Å². The normalized spacial score (nSPS) is 23.8. The summed E-state index contributed by atoms with van der Waals surface area (Å²) in [6, 6.07) is 17.6. The van der Waals surface area contributed by atoms with Crippen LogP contribution >= 0.6 is 23.2 Å². The number of carbonyl (C=O) groups is 4. The Bertz CT molecular complexity index is 2110. The molecular formula is C40H41Cl2N3O5. The number of nitrogens with zero attached hydrogens (tertiary/aromatic N) is 2. The molecule has 3 aliphatic rings. The van der Waals surface area contributed by atoms with Gasteiger partial charge >= 0.3 is 5.97 Å². The highest BCUT2D eigenvalue weighted by Gasteiger charge is 2.62. The number of hydrogen-bond acceptors (Lipinski definition) is 5. The van der Waals surface area contributed by atoms with Crippen LogP contribution in [0.4, 0.5) is 17.1 Å². The molecule has 0 radical (unpaired) electrons. The number of alkyl halides is 2. The minimum atomic E-state index is -0.799. The molecule has 0 saturated heterocycles. The van der Waals surface area contributed by atoms with E-state index < -0.39 is 16.8 Å². The molecule has 2 aliphatic heterocycles. The van der Waals surface area contributed by atoms with Crippen molar-refractivity contribution >= 4 is 85.5 Å². The number of nitrogens with one attached hydrogen (secondary N) is 1. The summed E-state index contributed by atoms with van der Waals surface area (Å²) in [5.41, 5.74) is 3.75. The second-order valence-electron chi connectivity index (χ2n) is 14.6. The van der Waals surface area contributed by atoms with Crippen molar-refractivity contribution in [2.45, 2.75) is 65.7 Å². The largest absolute Gasteiger partial charge is 0.426 e. The molecule has 1 aliphatic carbocycles. The standard InChI is InChI=1S/C40H41Cl2N3O5/c1-6-40(38(49)45-19-25(16-41)35-30-10-8-7-9-28(30)22(2)13-32(35)45)20-39(5,21-40)37(48)44-18-26(17-42)36-31-14-27(43-23(3)46)11-12-29(31)34(15-33(36)44)50-24(4)47/h7-15,25-26H,6,16-21H2,1-5H3,(H,43,46). The van der Waals surface area contributed by atoms with Gasteiger partial charge in [-0.2, -0.15) is 0 Å². The molecule has 4 aromatic carbocycles. The Morgan fingerprint density at radius 2 is 1.42 bits per heavy atom. The zero-order valence-electron chi connectivity index (χ0n) is 29.0. The van der Waals surface area contributed by atoms with Crippen molar-refractivity contribution < 1.29 is 23.9 Å². The molecule has 1 N–H and O–H groups in total. The minimum absolute atomic E-state index is 0.0177. The van der Waals surface area contributed by atoms with Gasteiger partial charge in [0.25, 0.3) is 0 Å². The number of anilines is 3. The van der Waals surface area contributed by atoms with E-state index in [1.165, 1.54) is 19.2 Å². The van der Waals surface area contributed by atoms with Crippen LogP contribution in [0.2, 0.25) is 0 Å². The third kappa shape index (κ3) is 5.34. The highest BCUT2D eigenvalue weighted by molar-refractivity contribution is 6.20. The first kappa shape index (κ1) is 34.3. The molecule has 260 valence electrons. The Kier molecular flexibility index (Phi) is 8.63. The van der Waals surface area contributed by atoms with Gasteiger partial charge in [0.15, 0.2) is 0 Å². The van der Waals surface area contributed by atoms with Gasteiger partial charge in [0.05, 0.1) is 11.1 Å². The first-order chi connectivity index (χ1) is 23.8. The summed E-state index contributed by atoms with van der Waals surface area (Å²) in [5.74, 6) is 0.0899. The molecule has 3 amide bonds. The maximum Gasteiger partial charge on any atom is 0.308 e. The van der Waals surface area contributed by atoms with Gasteiger partial charge in [0, 0.05) is 78.8 Å². The predicted octanol–water partition coefficient (Wildman–Crippen LogP) is 8.42. The van der Waals surface area contributed by atoms with Gasteiger partial charge in [-0.3, -0.25) is 19.2 Å². The van der Waals surface area contributed by atoms with Crippen LogP contribution in [0, 0.1) is 17.8 Å². The van der Waals surface area contributed by atoms with Crippen molar-refractivity contribution in [2.75, 3.05) is 40.0 Å². The summed E-state index contributed by atoms with van der Waals surface area (Å²) in [6.45, 7) is 9.70.